The van der Waals surface area contributed by atoms with Crippen LogP contribution in [0.15, 0.2) is 48.8 Å². The van der Waals surface area contributed by atoms with E-state index in [0.29, 0.717) is 24.1 Å². The van der Waals surface area contributed by atoms with Crippen LogP contribution in [0.25, 0.3) is 10.9 Å². The van der Waals surface area contributed by atoms with Crippen molar-refractivity contribution in [1.29, 1.82) is 5.41 Å². The Morgan fingerprint density at radius 1 is 1.22 bits per heavy atom. The van der Waals surface area contributed by atoms with Crippen LogP contribution in [-0.2, 0) is 12.5 Å². The van der Waals surface area contributed by atoms with Crippen molar-refractivity contribution in [3.8, 4) is 0 Å². The predicted molar refractivity (Wildman–Crippen MR) is 144 cm³/mol. The van der Waals surface area contributed by atoms with E-state index in [1.165, 1.54) is 0 Å². The maximum absolute atomic E-state index is 8.83. The quantitative estimate of drug-likeness (QED) is 0.359. The topological polar surface area (TPSA) is 123 Å². The van der Waals surface area contributed by atoms with E-state index in [1.54, 1.807) is 10.9 Å². The Morgan fingerprint density at radius 2 is 2.03 bits per heavy atom. The molecular formula is C27H29ClN8. The molecule has 6 rings (SSSR count). The van der Waals surface area contributed by atoms with Gasteiger partial charge in [-0.1, -0.05) is 35.9 Å². The first-order valence-electron chi connectivity index (χ1n) is 12.2. The Labute approximate surface area is 214 Å². The fraction of sp³-hybridized carbons (Fsp3) is 0.333. The van der Waals surface area contributed by atoms with Crippen LogP contribution in [0, 0.1) is 24.2 Å². The summed E-state index contributed by atoms with van der Waals surface area (Å²) in [7, 11) is 1.89. The van der Waals surface area contributed by atoms with Crippen molar-refractivity contribution in [2.75, 3.05) is 30.3 Å². The maximum Gasteiger partial charge on any atom is 0.154 e. The standard InChI is InChI=1S/C27H29ClN8/c1-15-16(7-8-22-17(15)12-35(2)34-22)24(30)25-26(31)33-23(11-32-25)36-10-9-18-20(13-36)27(18,14-29)19-5-3-4-6-21(19)28/h3-8,11-12,18,20,30H,9-10,13-14,29H2,1-2H3,(H2,31,33)/t18-,20+,27-/m1/s1. The van der Waals surface area contributed by atoms with E-state index in [4.69, 9.17) is 28.5 Å². The van der Waals surface area contributed by atoms with E-state index in [0.717, 1.165) is 57.9 Å². The van der Waals surface area contributed by atoms with Crippen LogP contribution < -0.4 is 16.4 Å². The summed E-state index contributed by atoms with van der Waals surface area (Å²) in [4.78, 5) is 11.5. The Balaban J connectivity index is 1.25. The van der Waals surface area contributed by atoms with Crippen LogP contribution in [0.4, 0.5) is 11.6 Å². The SMILES string of the molecule is Cc1c(C(=N)c2ncc(N3CC[C@@H]4[C@H](C3)[C@@]4(CN)c3ccccc3Cl)nc2N)ccc2nn(C)cc12. The minimum absolute atomic E-state index is 0.0867. The monoisotopic (exact) mass is 500 g/mol. The molecule has 0 radical (unpaired) electrons. The summed E-state index contributed by atoms with van der Waals surface area (Å²) < 4.78 is 1.78. The van der Waals surface area contributed by atoms with E-state index >= 15 is 0 Å². The number of rotatable bonds is 5. The highest BCUT2D eigenvalue weighted by atomic mass is 35.5. The van der Waals surface area contributed by atoms with Crippen molar-refractivity contribution in [3.05, 3.63) is 76.2 Å². The number of fused-ring (bicyclic) bond motifs is 2. The summed E-state index contributed by atoms with van der Waals surface area (Å²) >= 11 is 6.58. The zero-order valence-electron chi connectivity index (χ0n) is 20.4. The zero-order valence-corrected chi connectivity index (χ0v) is 21.1. The Morgan fingerprint density at radius 3 is 2.78 bits per heavy atom. The van der Waals surface area contributed by atoms with Gasteiger partial charge in [0.2, 0.25) is 0 Å². The third-order valence-electron chi connectivity index (χ3n) is 8.23. The number of benzene rings is 2. The van der Waals surface area contributed by atoms with Crippen LogP contribution in [0.1, 0.15) is 28.8 Å². The second-order valence-corrected chi connectivity index (χ2v) is 10.4. The minimum atomic E-state index is -0.0867. The first-order chi connectivity index (χ1) is 17.3. The molecule has 5 N–H and O–H groups in total. The summed E-state index contributed by atoms with van der Waals surface area (Å²) in [6.07, 6.45) is 4.71. The summed E-state index contributed by atoms with van der Waals surface area (Å²) in [5, 5.41) is 15.1. The van der Waals surface area contributed by atoms with Gasteiger partial charge < -0.3 is 16.4 Å². The zero-order chi connectivity index (χ0) is 25.2. The van der Waals surface area contributed by atoms with Crippen molar-refractivity contribution < 1.29 is 0 Å². The van der Waals surface area contributed by atoms with Crippen molar-refractivity contribution in [3.63, 3.8) is 0 Å². The van der Waals surface area contributed by atoms with E-state index in [9.17, 15) is 0 Å². The molecule has 2 aromatic carbocycles. The van der Waals surface area contributed by atoms with Crippen LogP contribution in [0.2, 0.25) is 5.02 Å². The number of aryl methyl sites for hydroxylation is 2. The average molecular weight is 501 g/mol. The van der Waals surface area contributed by atoms with E-state index in [1.807, 2.05) is 50.5 Å². The molecule has 4 aromatic rings. The molecular weight excluding hydrogens is 472 g/mol. The lowest BCUT2D eigenvalue weighted by Gasteiger charge is -2.27. The van der Waals surface area contributed by atoms with Crippen LogP contribution in [0.3, 0.4) is 0 Å². The molecule has 1 aliphatic heterocycles. The molecule has 0 amide bonds. The summed E-state index contributed by atoms with van der Waals surface area (Å²) in [5.41, 5.74) is 17.1. The summed E-state index contributed by atoms with van der Waals surface area (Å²) in [6.45, 7) is 4.25. The number of nitrogens with zero attached hydrogens (tertiary/aromatic N) is 5. The van der Waals surface area contributed by atoms with E-state index in [-0.39, 0.29) is 16.9 Å². The molecule has 1 saturated carbocycles. The molecule has 1 saturated heterocycles. The number of hydrogen-bond donors (Lipinski definition) is 3. The first kappa shape index (κ1) is 22.9. The summed E-state index contributed by atoms with van der Waals surface area (Å²) in [5.74, 6) is 1.92. The highest BCUT2D eigenvalue weighted by molar-refractivity contribution is 6.31. The van der Waals surface area contributed by atoms with E-state index in [2.05, 4.69) is 26.0 Å². The molecule has 2 fully saturated rings. The average Bonchev–Trinajstić information content (AvgIpc) is 3.36. The first-order valence-corrected chi connectivity index (χ1v) is 12.6. The largest absolute Gasteiger partial charge is 0.382 e. The van der Waals surface area contributed by atoms with Crippen molar-refractivity contribution in [1.82, 2.24) is 19.7 Å². The maximum atomic E-state index is 8.83. The Bertz CT molecular complexity index is 1510. The van der Waals surface area contributed by atoms with Gasteiger partial charge in [-0.15, -0.1) is 0 Å². The minimum Gasteiger partial charge on any atom is -0.382 e. The Hall–Kier alpha value is -3.49. The van der Waals surface area contributed by atoms with Gasteiger partial charge in [-0.3, -0.25) is 10.1 Å². The smallest absolute Gasteiger partial charge is 0.154 e. The van der Waals surface area contributed by atoms with Crippen molar-refractivity contribution in [2.24, 2.45) is 24.6 Å². The van der Waals surface area contributed by atoms with Crippen molar-refractivity contribution in [2.45, 2.75) is 18.8 Å². The molecule has 184 valence electrons. The number of hydrogen-bond acceptors (Lipinski definition) is 7. The molecule has 0 spiro atoms. The molecule has 8 nitrogen and oxygen atoms in total. The number of piperidine rings is 1. The number of nitrogens with two attached hydrogens (primary N) is 2. The molecule has 1 aliphatic carbocycles. The Kier molecular flexibility index (Phi) is 5.28. The van der Waals surface area contributed by atoms with Gasteiger partial charge in [0.1, 0.15) is 11.5 Å². The van der Waals surface area contributed by atoms with Gasteiger partial charge >= 0.3 is 0 Å². The second kappa shape index (κ2) is 8.28. The number of halogens is 1. The molecule has 0 bridgehead atoms. The second-order valence-electron chi connectivity index (χ2n) is 9.98. The van der Waals surface area contributed by atoms with Crippen LogP contribution >= 0.6 is 11.6 Å². The lowest BCUT2D eigenvalue weighted by Crippen LogP contribution is -2.33. The third kappa shape index (κ3) is 3.32. The van der Waals surface area contributed by atoms with Gasteiger partial charge in [0.05, 0.1) is 17.4 Å². The summed E-state index contributed by atoms with van der Waals surface area (Å²) in [6, 6.07) is 11.9. The lowest BCUT2D eigenvalue weighted by molar-refractivity contribution is 0.545. The molecule has 9 heteroatoms. The van der Waals surface area contributed by atoms with Crippen LogP contribution in [-0.4, -0.2) is 45.1 Å². The lowest BCUT2D eigenvalue weighted by atomic mass is 9.91. The van der Waals surface area contributed by atoms with Gasteiger partial charge in [-0.25, -0.2) is 9.97 Å². The van der Waals surface area contributed by atoms with Gasteiger partial charge in [-0.05, 0) is 48.4 Å². The fourth-order valence-corrected chi connectivity index (χ4v) is 6.63. The van der Waals surface area contributed by atoms with Gasteiger partial charge in [0.25, 0.3) is 0 Å². The number of nitrogen functional groups attached to an aromatic ring is 1. The number of nitrogens with one attached hydrogen (secondary N) is 1. The van der Waals surface area contributed by atoms with Gasteiger partial charge in [0, 0.05) is 54.3 Å². The molecule has 2 aliphatic rings. The van der Waals surface area contributed by atoms with Crippen molar-refractivity contribution >= 4 is 39.9 Å². The predicted octanol–water partition coefficient (Wildman–Crippen LogP) is 3.68. The van der Waals surface area contributed by atoms with E-state index < -0.39 is 0 Å². The third-order valence-corrected chi connectivity index (χ3v) is 8.56. The van der Waals surface area contributed by atoms with Gasteiger partial charge in [0.15, 0.2) is 5.82 Å². The number of anilines is 2. The van der Waals surface area contributed by atoms with Gasteiger partial charge in [-0.2, -0.15) is 5.10 Å². The normalized spacial score (nSPS) is 23.1. The highest BCUT2D eigenvalue weighted by Crippen LogP contribution is 2.64. The molecule has 0 unspecified atom stereocenters. The molecule has 3 heterocycles. The molecule has 3 atom stereocenters. The molecule has 2 aromatic heterocycles. The highest BCUT2D eigenvalue weighted by Gasteiger charge is 2.66. The molecule has 36 heavy (non-hydrogen) atoms. The fourth-order valence-electron chi connectivity index (χ4n) is 6.32. The number of aromatic nitrogens is 4. The van der Waals surface area contributed by atoms with Crippen LogP contribution in [0.5, 0.6) is 0 Å².